The molecular formula is C23H24N4OS. The summed E-state index contributed by atoms with van der Waals surface area (Å²) in [6.07, 6.45) is 0.970. The van der Waals surface area contributed by atoms with Gasteiger partial charge in [0.1, 0.15) is 0 Å². The van der Waals surface area contributed by atoms with Crippen LogP contribution in [0.15, 0.2) is 47.8 Å². The van der Waals surface area contributed by atoms with Crippen LogP contribution in [0.4, 0.5) is 5.13 Å². The highest BCUT2D eigenvalue weighted by molar-refractivity contribution is 7.14. The van der Waals surface area contributed by atoms with Crippen LogP contribution < -0.4 is 5.32 Å². The Bertz CT molecular complexity index is 1050. The normalized spacial score (nSPS) is 16.4. The third kappa shape index (κ3) is 3.83. The van der Waals surface area contributed by atoms with Crippen molar-refractivity contribution in [2.75, 3.05) is 45.1 Å². The number of amides is 1. The van der Waals surface area contributed by atoms with Gasteiger partial charge in [-0.15, -0.1) is 11.3 Å². The molecule has 1 fully saturated rings. The minimum Gasteiger partial charge on any atom is -0.304 e. The van der Waals surface area contributed by atoms with Crippen LogP contribution in [0, 0.1) is 0 Å². The Hall–Kier alpha value is -2.54. The highest BCUT2D eigenvalue weighted by Crippen LogP contribution is 2.38. The summed E-state index contributed by atoms with van der Waals surface area (Å²) in [5, 5.41) is 5.66. The zero-order valence-electron chi connectivity index (χ0n) is 16.5. The van der Waals surface area contributed by atoms with Crippen molar-refractivity contribution in [3.05, 3.63) is 59.0 Å². The van der Waals surface area contributed by atoms with E-state index in [9.17, 15) is 4.79 Å². The lowest BCUT2D eigenvalue weighted by atomic mass is 10.0. The predicted molar refractivity (Wildman–Crippen MR) is 118 cm³/mol. The zero-order chi connectivity index (χ0) is 19.8. The van der Waals surface area contributed by atoms with Crippen LogP contribution in [0.2, 0.25) is 0 Å². The largest absolute Gasteiger partial charge is 0.304 e. The number of hydrogen-bond acceptors (Lipinski definition) is 5. The second-order valence-electron chi connectivity index (χ2n) is 7.87. The van der Waals surface area contributed by atoms with E-state index in [1.54, 1.807) is 0 Å². The molecule has 1 aliphatic heterocycles. The molecule has 0 bridgehead atoms. The first-order valence-corrected chi connectivity index (χ1v) is 10.9. The fourth-order valence-electron chi connectivity index (χ4n) is 4.14. The molecule has 29 heavy (non-hydrogen) atoms. The third-order valence-electron chi connectivity index (χ3n) is 5.80. The quantitative estimate of drug-likeness (QED) is 0.565. The number of nitrogens with one attached hydrogen (secondary N) is 1. The molecule has 0 radical (unpaired) electrons. The number of nitrogens with zero attached hydrogens (tertiary/aromatic N) is 3. The van der Waals surface area contributed by atoms with E-state index in [1.165, 1.54) is 33.6 Å². The van der Waals surface area contributed by atoms with Gasteiger partial charge in [-0.25, -0.2) is 4.98 Å². The van der Waals surface area contributed by atoms with Gasteiger partial charge >= 0.3 is 0 Å². The molecule has 0 spiro atoms. The smallest absolute Gasteiger partial charge is 0.240 e. The molecule has 2 aromatic carbocycles. The van der Waals surface area contributed by atoms with Gasteiger partial charge in [-0.05, 0) is 41.8 Å². The average molecular weight is 405 g/mol. The molecule has 1 aromatic heterocycles. The number of likely N-dealkylation sites (N-methyl/N-ethyl adjacent to an activating group) is 1. The van der Waals surface area contributed by atoms with E-state index in [0.717, 1.165) is 43.9 Å². The highest BCUT2D eigenvalue weighted by atomic mass is 32.1. The summed E-state index contributed by atoms with van der Waals surface area (Å²) in [7, 11) is 2.12. The maximum absolute atomic E-state index is 12.4. The van der Waals surface area contributed by atoms with Gasteiger partial charge in [0.15, 0.2) is 5.13 Å². The van der Waals surface area contributed by atoms with Gasteiger partial charge in [0.25, 0.3) is 0 Å². The number of thiazole rings is 1. The van der Waals surface area contributed by atoms with Crippen molar-refractivity contribution in [1.29, 1.82) is 0 Å². The number of anilines is 1. The van der Waals surface area contributed by atoms with Crippen molar-refractivity contribution in [2.45, 2.75) is 6.42 Å². The summed E-state index contributed by atoms with van der Waals surface area (Å²) in [6.45, 7) is 4.32. The van der Waals surface area contributed by atoms with Gasteiger partial charge < -0.3 is 10.2 Å². The molecular weight excluding hydrogens is 380 g/mol. The van der Waals surface area contributed by atoms with Crippen LogP contribution in [0.25, 0.3) is 22.4 Å². The first-order valence-electron chi connectivity index (χ1n) is 10.0. The monoisotopic (exact) mass is 404 g/mol. The number of benzene rings is 2. The van der Waals surface area contributed by atoms with Crippen LogP contribution in [0.5, 0.6) is 0 Å². The van der Waals surface area contributed by atoms with Crippen molar-refractivity contribution in [2.24, 2.45) is 0 Å². The summed E-state index contributed by atoms with van der Waals surface area (Å²) < 4.78 is 0. The summed E-state index contributed by atoms with van der Waals surface area (Å²) >= 11 is 1.49. The van der Waals surface area contributed by atoms with E-state index in [-0.39, 0.29) is 5.91 Å². The topological polar surface area (TPSA) is 48.5 Å². The molecule has 5 nitrogen and oxygen atoms in total. The second kappa shape index (κ2) is 7.71. The molecule has 0 saturated carbocycles. The molecule has 6 heteroatoms. The molecule has 1 saturated heterocycles. The van der Waals surface area contributed by atoms with Crippen molar-refractivity contribution in [1.82, 2.24) is 14.8 Å². The third-order valence-corrected chi connectivity index (χ3v) is 6.56. The summed E-state index contributed by atoms with van der Waals surface area (Å²) in [6, 6.07) is 15.2. The van der Waals surface area contributed by atoms with Crippen LogP contribution in [0.3, 0.4) is 0 Å². The Morgan fingerprint density at radius 3 is 2.72 bits per heavy atom. The maximum Gasteiger partial charge on any atom is 0.240 e. The highest BCUT2D eigenvalue weighted by Gasteiger charge is 2.20. The Kier molecular flexibility index (Phi) is 4.91. The lowest BCUT2D eigenvalue weighted by molar-refractivity contribution is -0.117. The van der Waals surface area contributed by atoms with E-state index in [2.05, 4.69) is 69.6 Å². The molecule has 1 amide bonds. The summed E-state index contributed by atoms with van der Waals surface area (Å²) in [5.41, 5.74) is 7.41. The molecule has 1 aliphatic carbocycles. The number of carbonyl (C=O) groups is 1. The molecule has 2 aliphatic rings. The predicted octanol–water partition coefficient (Wildman–Crippen LogP) is 3.57. The number of piperazine rings is 1. The van der Waals surface area contributed by atoms with Crippen molar-refractivity contribution < 1.29 is 4.79 Å². The molecule has 0 unspecified atom stereocenters. The minimum absolute atomic E-state index is 0.0138. The van der Waals surface area contributed by atoms with Gasteiger partial charge in [-0.1, -0.05) is 36.4 Å². The first-order chi connectivity index (χ1) is 14.2. The van der Waals surface area contributed by atoms with E-state index < -0.39 is 0 Å². The van der Waals surface area contributed by atoms with Crippen LogP contribution >= 0.6 is 11.3 Å². The van der Waals surface area contributed by atoms with Crippen LogP contribution in [-0.2, 0) is 11.2 Å². The molecule has 1 N–H and O–H groups in total. The fraction of sp³-hybridized carbons (Fsp3) is 0.304. The average Bonchev–Trinajstić information content (AvgIpc) is 3.33. The number of carbonyl (C=O) groups excluding carboxylic acids is 1. The lowest BCUT2D eigenvalue weighted by Gasteiger charge is -2.31. The van der Waals surface area contributed by atoms with Gasteiger partial charge in [0.2, 0.25) is 5.91 Å². The van der Waals surface area contributed by atoms with Crippen LogP contribution in [-0.4, -0.2) is 60.5 Å². The van der Waals surface area contributed by atoms with E-state index in [0.29, 0.717) is 11.7 Å². The Labute approximate surface area is 175 Å². The molecule has 2 heterocycles. The van der Waals surface area contributed by atoms with Crippen LogP contribution in [0.1, 0.15) is 11.1 Å². The van der Waals surface area contributed by atoms with E-state index >= 15 is 0 Å². The fourth-order valence-corrected chi connectivity index (χ4v) is 4.87. The van der Waals surface area contributed by atoms with Crippen molar-refractivity contribution in [3.63, 3.8) is 0 Å². The number of aromatic nitrogens is 1. The SMILES string of the molecule is CN1CCN(CC(=O)Nc2nc(-c3ccc4c(c3)Cc3ccccc3-4)cs2)CC1. The van der Waals surface area contributed by atoms with Crippen molar-refractivity contribution in [3.8, 4) is 22.4 Å². The van der Waals surface area contributed by atoms with Gasteiger partial charge in [-0.2, -0.15) is 0 Å². The maximum atomic E-state index is 12.4. The second-order valence-corrected chi connectivity index (χ2v) is 8.73. The van der Waals surface area contributed by atoms with E-state index in [1.807, 2.05) is 5.38 Å². The first kappa shape index (κ1) is 18.5. The lowest BCUT2D eigenvalue weighted by Crippen LogP contribution is -2.47. The Balaban J connectivity index is 1.26. The van der Waals surface area contributed by atoms with Gasteiger partial charge in [0.05, 0.1) is 12.2 Å². The van der Waals surface area contributed by atoms with E-state index in [4.69, 9.17) is 0 Å². The Morgan fingerprint density at radius 2 is 1.86 bits per heavy atom. The molecule has 3 aromatic rings. The molecule has 148 valence electrons. The van der Waals surface area contributed by atoms with Gasteiger partial charge in [-0.3, -0.25) is 9.69 Å². The zero-order valence-corrected chi connectivity index (χ0v) is 17.3. The summed E-state index contributed by atoms with van der Waals surface area (Å²) in [4.78, 5) is 21.5. The minimum atomic E-state index is 0.0138. The molecule has 5 rings (SSSR count). The number of rotatable bonds is 4. The van der Waals surface area contributed by atoms with Gasteiger partial charge in [0, 0.05) is 37.1 Å². The molecule has 0 atom stereocenters. The Morgan fingerprint density at radius 1 is 1.07 bits per heavy atom. The number of hydrogen-bond donors (Lipinski definition) is 1. The summed E-state index contributed by atoms with van der Waals surface area (Å²) in [5.74, 6) is 0.0138. The number of fused-ring (bicyclic) bond motifs is 3. The van der Waals surface area contributed by atoms with Crippen molar-refractivity contribution >= 4 is 22.4 Å². The standard InChI is InChI=1S/C23H24N4OS/c1-26-8-10-27(11-9-26)14-22(28)25-23-24-21(15-29-23)17-6-7-20-18(13-17)12-16-4-2-3-5-19(16)20/h2-7,13,15H,8-12,14H2,1H3,(H,24,25,28).